The number of furan rings is 1. The van der Waals surface area contributed by atoms with Gasteiger partial charge < -0.3 is 15.1 Å². The lowest BCUT2D eigenvalue weighted by Crippen LogP contribution is -2.44. The van der Waals surface area contributed by atoms with E-state index in [9.17, 15) is 0 Å². The predicted octanol–water partition coefficient (Wildman–Crippen LogP) is 3.22. The summed E-state index contributed by atoms with van der Waals surface area (Å²) < 4.78 is 5.69. The van der Waals surface area contributed by atoms with Crippen molar-refractivity contribution in [1.82, 2.24) is 20.5 Å². The Morgan fingerprint density at radius 1 is 1.27 bits per heavy atom. The Kier molecular flexibility index (Phi) is 6.91. The van der Waals surface area contributed by atoms with Gasteiger partial charge in [-0.25, -0.2) is 4.98 Å². The van der Waals surface area contributed by atoms with Crippen LogP contribution < -0.4 is 10.6 Å². The maximum absolute atomic E-state index is 5.83. The summed E-state index contributed by atoms with van der Waals surface area (Å²) in [5, 5.41) is 7.24. The van der Waals surface area contributed by atoms with Gasteiger partial charge >= 0.3 is 0 Å². The van der Waals surface area contributed by atoms with E-state index in [0.717, 1.165) is 36.9 Å². The number of likely N-dealkylation sites (tertiary alicyclic amines) is 1. The number of nitrogens with one attached hydrogen (secondary N) is 2. The highest BCUT2D eigenvalue weighted by molar-refractivity contribution is 6.29. The fourth-order valence-corrected chi connectivity index (χ4v) is 3.34. The Bertz CT molecular complexity index is 680. The molecule has 1 fully saturated rings. The summed E-state index contributed by atoms with van der Waals surface area (Å²) >= 11 is 5.83. The van der Waals surface area contributed by atoms with Crippen LogP contribution in [0.25, 0.3) is 0 Å². The van der Waals surface area contributed by atoms with Gasteiger partial charge in [-0.15, -0.1) is 0 Å². The number of aliphatic imine (C=N–C) groups is 1. The minimum Gasteiger partial charge on any atom is -0.468 e. The van der Waals surface area contributed by atoms with Gasteiger partial charge in [0.15, 0.2) is 5.96 Å². The number of hydrogen-bond donors (Lipinski definition) is 2. The number of nitrogens with zero attached hydrogens (tertiary/aromatic N) is 3. The second-order valence-corrected chi connectivity index (χ2v) is 6.81. The largest absolute Gasteiger partial charge is 0.468 e. The monoisotopic (exact) mass is 375 g/mol. The number of halogens is 1. The van der Waals surface area contributed by atoms with Crippen molar-refractivity contribution in [2.24, 2.45) is 4.99 Å². The van der Waals surface area contributed by atoms with Gasteiger partial charge in [-0.1, -0.05) is 24.1 Å². The SMILES string of the molecule is CN=C(NCc1ccc(Cl)nc1)NCC(c1ccco1)N1CCCCC1. The first-order chi connectivity index (χ1) is 12.8. The Hall–Kier alpha value is -2.05. The zero-order valence-corrected chi connectivity index (χ0v) is 15.9. The molecule has 1 aliphatic heterocycles. The summed E-state index contributed by atoms with van der Waals surface area (Å²) in [6.45, 7) is 3.59. The average molecular weight is 376 g/mol. The Morgan fingerprint density at radius 2 is 2.12 bits per heavy atom. The van der Waals surface area contributed by atoms with Crippen LogP contribution in [0.2, 0.25) is 5.15 Å². The predicted molar refractivity (Wildman–Crippen MR) is 104 cm³/mol. The zero-order chi connectivity index (χ0) is 18.2. The van der Waals surface area contributed by atoms with E-state index in [1.54, 1.807) is 25.6 Å². The van der Waals surface area contributed by atoms with Crippen molar-refractivity contribution in [2.75, 3.05) is 26.7 Å². The maximum Gasteiger partial charge on any atom is 0.191 e. The molecule has 0 spiro atoms. The first-order valence-corrected chi connectivity index (χ1v) is 9.46. The number of aromatic nitrogens is 1. The normalized spacial score (nSPS) is 17.1. The Morgan fingerprint density at radius 3 is 2.77 bits per heavy atom. The second-order valence-electron chi connectivity index (χ2n) is 6.42. The van der Waals surface area contributed by atoms with Gasteiger partial charge in [-0.3, -0.25) is 9.89 Å². The highest BCUT2D eigenvalue weighted by atomic mass is 35.5. The molecule has 6 nitrogen and oxygen atoms in total. The fourth-order valence-electron chi connectivity index (χ4n) is 3.23. The average Bonchev–Trinajstić information content (AvgIpc) is 3.21. The molecular weight excluding hydrogens is 350 g/mol. The van der Waals surface area contributed by atoms with E-state index in [4.69, 9.17) is 16.0 Å². The lowest BCUT2D eigenvalue weighted by molar-refractivity contribution is 0.146. The summed E-state index contributed by atoms with van der Waals surface area (Å²) in [6, 6.07) is 7.96. The van der Waals surface area contributed by atoms with E-state index in [0.29, 0.717) is 11.7 Å². The van der Waals surface area contributed by atoms with Crippen molar-refractivity contribution < 1.29 is 4.42 Å². The summed E-state index contributed by atoms with van der Waals surface area (Å²) in [5.41, 5.74) is 1.05. The van der Waals surface area contributed by atoms with Crippen LogP contribution in [-0.4, -0.2) is 42.5 Å². The third kappa shape index (κ3) is 5.22. The molecule has 26 heavy (non-hydrogen) atoms. The maximum atomic E-state index is 5.83. The second kappa shape index (κ2) is 9.59. The number of hydrogen-bond acceptors (Lipinski definition) is 4. The lowest BCUT2D eigenvalue weighted by atomic mass is 10.1. The number of rotatable bonds is 6. The highest BCUT2D eigenvalue weighted by Crippen LogP contribution is 2.24. The summed E-state index contributed by atoms with van der Waals surface area (Å²) in [4.78, 5) is 10.9. The molecule has 7 heteroatoms. The molecule has 1 aliphatic rings. The molecular formula is C19H26ClN5O. The van der Waals surface area contributed by atoms with Gasteiger partial charge in [-0.05, 0) is 49.7 Å². The van der Waals surface area contributed by atoms with Crippen LogP contribution in [-0.2, 0) is 6.54 Å². The van der Waals surface area contributed by atoms with Crippen molar-refractivity contribution in [3.05, 3.63) is 53.2 Å². The van der Waals surface area contributed by atoms with Gasteiger partial charge in [0.1, 0.15) is 10.9 Å². The Labute approximate surface area is 159 Å². The molecule has 3 rings (SSSR count). The molecule has 1 unspecified atom stereocenters. The number of pyridine rings is 1. The van der Waals surface area contributed by atoms with Crippen LogP contribution in [0.1, 0.15) is 36.6 Å². The quantitative estimate of drug-likeness (QED) is 0.461. The van der Waals surface area contributed by atoms with Crippen molar-refractivity contribution in [3.63, 3.8) is 0 Å². The molecule has 0 bridgehead atoms. The molecule has 140 valence electrons. The fraction of sp³-hybridized carbons (Fsp3) is 0.474. The number of piperidine rings is 1. The summed E-state index contributed by atoms with van der Waals surface area (Å²) in [5.74, 6) is 1.75. The lowest BCUT2D eigenvalue weighted by Gasteiger charge is -2.33. The topological polar surface area (TPSA) is 65.7 Å². The molecule has 0 amide bonds. The van der Waals surface area contributed by atoms with Gasteiger partial charge in [0, 0.05) is 26.3 Å². The van der Waals surface area contributed by atoms with Gasteiger partial charge in [0.2, 0.25) is 0 Å². The van der Waals surface area contributed by atoms with E-state index in [2.05, 4.69) is 31.6 Å². The minimum absolute atomic E-state index is 0.209. The van der Waals surface area contributed by atoms with Crippen molar-refractivity contribution in [2.45, 2.75) is 31.8 Å². The van der Waals surface area contributed by atoms with E-state index >= 15 is 0 Å². The first-order valence-electron chi connectivity index (χ1n) is 9.08. The van der Waals surface area contributed by atoms with Crippen LogP contribution in [0.5, 0.6) is 0 Å². The van der Waals surface area contributed by atoms with Crippen molar-refractivity contribution >= 4 is 17.6 Å². The minimum atomic E-state index is 0.209. The smallest absolute Gasteiger partial charge is 0.191 e. The van der Waals surface area contributed by atoms with Crippen molar-refractivity contribution in [1.29, 1.82) is 0 Å². The molecule has 2 aromatic heterocycles. The molecule has 0 radical (unpaired) electrons. The standard InChI is InChI=1S/C19H26ClN5O/c1-21-19(23-13-15-7-8-18(20)22-12-15)24-14-16(17-6-5-11-26-17)25-9-3-2-4-10-25/h5-8,11-12,16H,2-4,9-10,13-14H2,1H3,(H2,21,23,24). The van der Waals surface area contributed by atoms with E-state index in [1.807, 2.05) is 12.1 Å². The van der Waals surface area contributed by atoms with E-state index in [-0.39, 0.29) is 6.04 Å². The third-order valence-electron chi connectivity index (χ3n) is 4.64. The summed E-state index contributed by atoms with van der Waals surface area (Å²) in [6.07, 6.45) is 7.31. The van der Waals surface area contributed by atoms with E-state index in [1.165, 1.54) is 19.3 Å². The van der Waals surface area contributed by atoms with Crippen molar-refractivity contribution in [3.8, 4) is 0 Å². The van der Waals surface area contributed by atoms with Gasteiger partial charge in [0.05, 0.1) is 12.3 Å². The van der Waals surface area contributed by atoms with Crippen LogP contribution >= 0.6 is 11.6 Å². The van der Waals surface area contributed by atoms with E-state index < -0.39 is 0 Å². The molecule has 0 saturated carbocycles. The molecule has 2 aromatic rings. The summed E-state index contributed by atoms with van der Waals surface area (Å²) in [7, 11) is 1.78. The third-order valence-corrected chi connectivity index (χ3v) is 4.86. The van der Waals surface area contributed by atoms with Crippen LogP contribution in [0.3, 0.4) is 0 Å². The number of guanidine groups is 1. The first kappa shape index (κ1) is 18.7. The van der Waals surface area contributed by atoms with Gasteiger partial charge in [-0.2, -0.15) is 0 Å². The van der Waals surface area contributed by atoms with Crippen LogP contribution in [0.4, 0.5) is 0 Å². The molecule has 0 aliphatic carbocycles. The van der Waals surface area contributed by atoms with Crippen LogP contribution in [0, 0.1) is 0 Å². The molecule has 3 heterocycles. The van der Waals surface area contributed by atoms with Gasteiger partial charge in [0.25, 0.3) is 0 Å². The molecule has 1 saturated heterocycles. The highest BCUT2D eigenvalue weighted by Gasteiger charge is 2.24. The zero-order valence-electron chi connectivity index (χ0n) is 15.1. The molecule has 1 atom stereocenters. The van der Waals surface area contributed by atoms with Crippen LogP contribution in [0.15, 0.2) is 46.1 Å². The molecule has 2 N–H and O–H groups in total. The Balaban J connectivity index is 1.56. The molecule has 0 aromatic carbocycles.